The third kappa shape index (κ3) is 12.8. The third-order valence-corrected chi connectivity index (χ3v) is 11.1. The number of benzene rings is 2. The van der Waals surface area contributed by atoms with Crippen molar-refractivity contribution in [3.05, 3.63) is 65.2 Å². The van der Waals surface area contributed by atoms with E-state index in [2.05, 4.69) is 22.9 Å². The Balaban J connectivity index is 1.59. The minimum absolute atomic E-state index is 0.238. The number of carbonyl (C=O) groups excluding carboxylic acids is 4. The largest absolute Gasteiger partial charge is 0.494 e. The first-order valence-corrected chi connectivity index (χ1v) is 19.6. The van der Waals surface area contributed by atoms with Crippen molar-refractivity contribution in [1.29, 1.82) is 0 Å². The lowest BCUT2D eigenvalue weighted by molar-refractivity contribution is -0.137. The van der Waals surface area contributed by atoms with Gasteiger partial charge in [0, 0.05) is 26.1 Å². The standard InChI is InChI=1S/C42H62N4O7/c1-7-41(5,6)52-25-22-42(8-2,9-3)53-40(50)45-36-27-37(47)46-23-13-16-32(29-46)21-24-51-34-19-17-30(4)33(26-34)28-43-38(48)35(44-39(36)49)20-18-31-14-11-10-12-15-31/h10-12,14-15,17,19,26,32,35-36H,7-9,13,16,18,20-25,27-29H2,1-6H3,(H,43,48)(H,44,49)(H,45,50)/t32?,35-,36-/m0/s1. The summed E-state index contributed by atoms with van der Waals surface area (Å²) in [6.45, 7) is 14.3. The SMILES string of the molecule is CCC(C)(C)OCCC(CC)(CC)OC(=O)N[C@H]1CC(=O)N2CCCC(CCOc3ccc(C)c(c3)CNC(=O)[C@H](CCc3ccccc3)NC1=O)C2. The molecule has 292 valence electrons. The van der Waals surface area contributed by atoms with Gasteiger partial charge in [-0.2, -0.15) is 0 Å². The second kappa shape index (κ2) is 19.8. The maximum Gasteiger partial charge on any atom is 0.408 e. The molecule has 11 heteroatoms. The summed E-state index contributed by atoms with van der Waals surface area (Å²) >= 11 is 0. The number of ether oxygens (including phenoxy) is 3. The summed E-state index contributed by atoms with van der Waals surface area (Å²) < 4.78 is 18.3. The molecular weight excluding hydrogens is 672 g/mol. The van der Waals surface area contributed by atoms with Crippen LogP contribution in [0.5, 0.6) is 5.75 Å². The second-order valence-electron chi connectivity index (χ2n) is 15.3. The number of hydrogen-bond donors (Lipinski definition) is 3. The molecule has 1 unspecified atom stereocenters. The van der Waals surface area contributed by atoms with Crippen LogP contribution in [0.4, 0.5) is 4.79 Å². The van der Waals surface area contributed by atoms with Crippen LogP contribution in [0.2, 0.25) is 0 Å². The molecule has 0 saturated carbocycles. The zero-order valence-electron chi connectivity index (χ0n) is 32.8. The molecule has 3 atom stereocenters. The van der Waals surface area contributed by atoms with Gasteiger partial charge in [0.15, 0.2) is 0 Å². The van der Waals surface area contributed by atoms with Crippen LogP contribution in [0.3, 0.4) is 0 Å². The van der Waals surface area contributed by atoms with Gasteiger partial charge in [-0.15, -0.1) is 0 Å². The van der Waals surface area contributed by atoms with Crippen molar-refractivity contribution in [2.75, 3.05) is 26.3 Å². The van der Waals surface area contributed by atoms with E-state index < -0.39 is 29.7 Å². The molecule has 2 aliphatic rings. The summed E-state index contributed by atoms with van der Waals surface area (Å²) in [6.07, 6.45) is 4.80. The maximum atomic E-state index is 14.2. The van der Waals surface area contributed by atoms with Crippen molar-refractivity contribution in [2.45, 2.75) is 136 Å². The Bertz CT molecular complexity index is 1510. The van der Waals surface area contributed by atoms with E-state index in [4.69, 9.17) is 14.2 Å². The Morgan fingerprint density at radius 1 is 1.00 bits per heavy atom. The molecular formula is C42H62N4O7. The zero-order chi connectivity index (χ0) is 38.4. The lowest BCUT2D eigenvalue weighted by Gasteiger charge is -2.35. The van der Waals surface area contributed by atoms with Crippen molar-refractivity contribution in [1.82, 2.24) is 20.9 Å². The van der Waals surface area contributed by atoms with Gasteiger partial charge < -0.3 is 35.1 Å². The van der Waals surface area contributed by atoms with Gasteiger partial charge in [-0.1, -0.05) is 57.2 Å². The maximum absolute atomic E-state index is 14.2. The number of alkyl carbamates (subject to hydrolysis) is 1. The van der Waals surface area contributed by atoms with E-state index in [1.54, 1.807) is 4.90 Å². The minimum atomic E-state index is -1.26. The van der Waals surface area contributed by atoms with Crippen molar-refractivity contribution >= 4 is 23.8 Å². The average molecular weight is 735 g/mol. The number of nitrogens with zero attached hydrogens (tertiary/aromatic N) is 1. The van der Waals surface area contributed by atoms with Gasteiger partial charge in [0.05, 0.1) is 25.2 Å². The van der Waals surface area contributed by atoms with Gasteiger partial charge in [-0.25, -0.2) is 4.79 Å². The molecule has 2 heterocycles. The molecule has 53 heavy (non-hydrogen) atoms. The van der Waals surface area contributed by atoms with E-state index in [1.807, 2.05) is 83.1 Å². The molecule has 0 spiro atoms. The van der Waals surface area contributed by atoms with Crippen LogP contribution in [-0.4, -0.2) is 78.3 Å². The summed E-state index contributed by atoms with van der Waals surface area (Å²) in [5.74, 6) is -0.238. The van der Waals surface area contributed by atoms with E-state index >= 15 is 0 Å². The first-order chi connectivity index (χ1) is 25.4. The van der Waals surface area contributed by atoms with Gasteiger partial charge in [0.25, 0.3) is 0 Å². The second-order valence-corrected chi connectivity index (χ2v) is 15.3. The molecule has 0 aromatic heterocycles. The summed E-state index contributed by atoms with van der Waals surface area (Å²) in [4.78, 5) is 57.3. The Kier molecular flexibility index (Phi) is 15.6. The average Bonchev–Trinajstić information content (AvgIpc) is 3.15. The molecule has 1 saturated heterocycles. The van der Waals surface area contributed by atoms with E-state index in [-0.39, 0.29) is 36.3 Å². The molecule has 2 aromatic rings. The van der Waals surface area contributed by atoms with E-state index in [0.29, 0.717) is 58.4 Å². The number of piperidine rings is 1. The van der Waals surface area contributed by atoms with Crippen molar-refractivity contribution < 1.29 is 33.4 Å². The summed E-state index contributed by atoms with van der Waals surface area (Å²) in [5, 5.41) is 8.66. The quantitative estimate of drug-likeness (QED) is 0.230. The number of rotatable bonds is 12. The van der Waals surface area contributed by atoms with Crippen LogP contribution in [0.1, 0.15) is 109 Å². The Hall–Kier alpha value is -4.12. The molecule has 4 rings (SSSR count). The summed E-state index contributed by atoms with van der Waals surface area (Å²) in [5.41, 5.74) is 1.82. The van der Waals surface area contributed by atoms with E-state index in [0.717, 1.165) is 48.1 Å². The highest BCUT2D eigenvalue weighted by Gasteiger charge is 2.36. The highest BCUT2D eigenvalue weighted by molar-refractivity contribution is 5.94. The molecule has 4 bridgehead atoms. The van der Waals surface area contributed by atoms with Crippen LogP contribution in [-0.2, 0) is 36.8 Å². The number of fused-ring (bicyclic) bond motifs is 4. The Morgan fingerprint density at radius 2 is 1.75 bits per heavy atom. The predicted octanol–water partition coefficient (Wildman–Crippen LogP) is 6.39. The van der Waals surface area contributed by atoms with Crippen molar-refractivity contribution in [3.63, 3.8) is 0 Å². The number of amides is 4. The lowest BCUT2D eigenvalue weighted by atomic mass is 9.93. The fraction of sp³-hybridized carbons (Fsp3) is 0.619. The summed E-state index contributed by atoms with van der Waals surface area (Å²) in [7, 11) is 0. The topological polar surface area (TPSA) is 135 Å². The number of aryl methyl sites for hydroxylation is 2. The van der Waals surface area contributed by atoms with E-state index in [9.17, 15) is 19.2 Å². The lowest BCUT2D eigenvalue weighted by Crippen LogP contribution is -2.56. The van der Waals surface area contributed by atoms with Crippen LogP contribution in [0.15, 0.2) is 48.5 Å². The summed E-state index contributed by atoms with van der Waals surface area (Å²) in [6, 6.07) is 13.4. The smallest absolute Gasteiger partial charge is 0.408 e. The van der Waals surface area contributed by atoms with Gasteiger partial charge in [-0.3, -0.25) is 14.4 Å². The Morgan fingerprint density at radius 3 is 2.47 bits per heavy atom. The van der Waals surface area contributed by atoms with E-state index in [1.165, 1.54) is 0 Å². The molecule has 0 radical (unpaired) electrons. The van der Waals surface area contributed by atoms with Crippen LogP contribution in [0.25, 0.3) is 0 Å². The highest BCUT2D eigenvalue weighted by Crippen LogP contribution is 2.27. The number of nitrogens with one attached hydrogen (secondary N) is 3. The molecule has 2 aliphatic heterocycles. The van der Waals surface area contributed by atoms with Crippen molar-refractivity contribution in [2.24, 2.45) is 5.92 Å². The van der Waals surface area contributed by atoms with Crippen LogP contribution < -0.4 is 20.7 Å². The molecule has 1 fully saturated rings. The first-order valence-electron chi connectivity index (χ1n) is 19.6. The molecule has 2 aromatic carbocycles. The zero-order valence-corrected chi connectivity index (χ0v) is 32.8. The fourth-order valence-electron chi connectivity index (χ4n) is 6.90. The third-order valence-electron chi connectivity index (χ3n) is 11.1. The van der Waals surface area contributed by atoms with Gasteiger partial charge in [-0.05, 0) is 107 Å². The number of carbonyl (C=O) groups is 4. The molecule has 0 aliphatic carbocycles. The van der Waals surface area contributed by atoms with Gasteiger partial charge >= 0.3 is 6.09 Å². The molecule has 4 amide bonds. The van der Waals surface area contributed by atoms with Gasteiger partial charge in [0.2, 0.25) is 17.7 Å². The predicted molar refractivity (Wildman–Crippen MR) is 205 cm³/mol. The number of hydrogen-bond acceptors (Lipinski definition) is 7. The Labute approximate surface area is 316 Å². The van der Waals surface area contributed by atoms with Gasteiger partial charge in [0.1, 0.15) is 23.4 Å². The fourth-order valence-corrected chi connectivity index (χ4v) is 6.90. The monoisotopic (exact) mass is 734 g/mol. The molecule has 11 nitrogen and oxygen atoms in total. The van der Waals surface area contributed by atoms with Crippen LogP contribution in [0, 0.1) is 12.8 Å². The minimum Gasteiger partial charge on any atom is -0.494 e. The highest BCUT2D eigenvalue weighted by atomic mass is 16.6. The van der Waals surface area contributed by atoms with Crippen molar-refractivity contribution in [3.8, 4) is 5.75 Å². The molecule has 3 N–H and O–H groups in total. The first kappa shape index (κ1) is 41.6. The van der Waals surface area contributed by atoms with Crippen LogP contribution >= 0.6 is 0 Å². The normalized spacial score (nSPS) is 20.7.